The summed E-state index contributed by atoms with van der Waals surface area (Å²) in [5.74, 6) is 3.37. The molecule has 2 aromatic rings. The van der Waals surface area contributed by atoms with Crippen LogP contribution in [0.5, 0.6) is 0 Å². The zero-order chi connectivity index (χ0) is 18.3. The molecule has 26 heavy (non-hydrogen) atoms. The second-order valence-corrected chi connectivity index (χ2v) is 7.75. The zero-order valence-corrected chi connectivity index (χ0v) is 15.9. The van der Waals surface area contributed by atoms with Gasteiger partial charge in [-0.3, -0.25) is 4.79 Å². The number of anilines is 1. The molecule has 1 aliphatic heterocycles. The maximum Gasteiger partial charge on any atom is 0.274 e. The maximum absolute atomic E-state index is 12.8. The lowest BCUT2D eigenvalue weighted by Crippen LogP contribution is -2.28. The summed E-state index contributed by atoms with van der Waals surface area (Å²) in [6.07, 6.45) is 4.94. The minimum Gasteiger partial charge on any atom is -0.464 e. The molecule has 0 bridgehead atoms. The summed E-state index contributed by atoms with van der Waals surface area (Å²) >= 11 is 6.20. The molecule has 0 unspecified atom stereocenters. The van der Waals surface area contributed by atoms with E-state index in [1.165, 1.54) is 12.6 Å². The van der Waals surface area contributed by atoms with E-state index in [1.807, 2.05) is 12.1 Å². The number of hydrogen-bond acceptors (Lipinski definition) is 5. The Hall–Kier alpha value is -2.08. The van der Waals surface area contributed by atoms with Gasteiger partial charge in [0.25, 0.3) is 5.91 Å². The lowest BCUT2D eigenvalue weighted by Gasteiger charge is -2.19. The first-order chi connectivity index (χ1) is 12.5. The Kier molecular flexibility index (Phi) is 4.61. The highest BCUT2D eigenvalue weighted by Crippen LogP contribution is 2.47. The molecule has 3 heterocycles. The van der Waals surface area contributed by atoms with Crippen molar-refractivity contribution in [3.63, 3.8) is 0 Å². The van der Waals surface area contributed by atoms with E-state index in [-0.39, 0.29) is 16.6 Å². The van der Waals surface area contributed by atoms with Crippen LogP contribution in [-0.4, -0.2) is 40.9 Å². The van der Waals surface area contributed by atoms with Crippen LogP contribution in [0.4, 0.5) is 5.95 Å². The molecular weight excluding hydrogens is 352 g/mol. The summed E-state index contributed by atoms with van der Waals surface area (Å²) in [7, 11) is 1.73. The van der Waals surface area contributed by atoms with Crippen LogP contribution in [0, 0.1) is 5.92 Å². The fraction of sp³-hybridized carbons (Fsp3) is 0.526. The first-order valence-corrected chi connectivity index (χ1v) is 9.52. The lowest BCUT2D eigenvalue weighted by atomic mass is 10.3. The number of carbonyl (C=O) groups is 1. The largest absolute Gasteiger partial charge is 0.464 e. The average molecular weight is 375 g/mol. The number of halogens is 1. The third-order valence-corrected chi connectivity index (χ3v) is 5.50. The van der Waals surface area contributed by atoms with Crippen molar-refractivity contribution in [2.24, 2.45) is 5.92 Å². The second kappa shape index (κ2) is 6.91. The van der Waals surface area contributed by atoms with Gasteiger partial charge >= 0.3 is 0 Å². The van der Waals surface area contributed by atoms with Crippen LogP contribution in [0.2, 0.25) is 5.02 Å². The molecule has 7 heteroatoms. The van der Waals surface area contributed by atoms with Crippen molar-refractivity contribution in [3.8, 4) is 0 Å². The van der Waals surface area contributed by atoms with Crippen molar-refractivity contribution in [1.82, 2.24) is 14.9 Å². The van der Waals surface area contributed by atoms with E-state index in [2.05, 4.69) is 21.8 Å². The zero-order valence-electron chi connectivity index (χ0n) is 15.1. The number of hydrogen-bond donors (Lipinski definition) is 0. The third kappa shape index (κ3) is 3.43. The predicted molar refractivity (Wildman–Crippen MR) is 99.5 cm³/mol. The molecule has 1 saturated heterocycles. The van der Waals surface area contributed by atoms with Crippen molar-refractivity contribution in [3.05, 3.63) is 40.6 Å². The van der Waals surface area contributed by atoms with Crippen LogP contribution in [0.25, 0.3) is 0 Å². The van der Waals surface area contributed by atoms with E-state index < -0.39 is 0 Å². The molecule has 2 aliphatic rings. The van der Waals surface area contributed by atoms with Gasteiger partial charge in [0.1, 0.15) is 11.5 Å². The quantitative estimate of drug-likeness (QED) is 0.798. The summed E-state index contributed by atoms with van der Waals surface area (Å²) in [6.45, 7) is 4.44. The van der Waals surface area contributed by atoms with Gasteiger partial charge in [-0.05, 0) is 37.3 Å². The molecule has 0 N–H and O–H groups in total. The Morgan fingerprint density at radius 1 is 1.38 bits per heavy atom. The van der Waals surface area contributed by atoms with Crippen molar-refractivity contribution < 1.29 is 9.21 Å². The minimum atomic E-state index is -0.226. The van der Waals surface area contributed by atoms with Crippen molar-refractivity contribution in [2.45, 2.75) is 38.6 Å². The smallest absolute Gasteiger partial charge is 0.274 e. The molecule has 0 spiro atoms. The number of furan rings is 1. The topological polar surface area (TPSA) is 62.5 Å². The first kappa shape index (κ1) is 17.3. The molecular formula is C19H23ClN4O2. The van der Waals surface area contributed by atoms with Gasteiger partial charge in [0.05, 0.1) is 17.8 Å². The van der Waals surface area contributed by atoms with Crippen molar-refractivity contribution in [2.75, 3.05) is 25.0 Å². The second-order valence-electron chi connectivity index (χ2n) is 7.35. The van der Waals surface area contributed by atoms with Crippen LogP contribution in [0.3, 0.4) is 0 Å². The van der Waals surface area contributed by atoms with Gasteiger partial charge in [0.2, 0.25) is 5.95 Å². The Bertz CT molecular complexity index is 816. The van der Waals surface area contributed by atoms with Crippen molar-refractivity contribution >= 4 is 23.5 Å². The molecule has 0 radical (unpaired) electrons. The van der Waals surface area contributed by atoms with Gasteiger partial charge in [-0.25, -0.2) is 9.97 Å². The Morgan fingerprint density at radius 2 is 2.12 bits per heavy atom. The summed E-state index contributed by atoms with van der Waals surface area (Å²) < 4.78 is 5.90. The Labute approximate surface area is 158 Å². The standard InChI is InChI=1S/C19H23ClN4O2/c1-12-9-14(12)16-6-5-13(26-16)11-23(2)18(25)17-15(20)10-21-19(22-17)24-7-3-4-8-24/h5-6,10,12,14H,3-4,7-9,11H2,1-2H3/t12-,14-/m1/s1. The fourth-order valence-electron chi connectivity index (χ4n) is 3.46. The van der Waals surface area contributed by atoms with E-state index >= 15 is 0 Å². The highest BCUT2D eigenvalue weighted by Gasteiger charge is 2.36. The van der Waals surface area contributed by atoms with Gasteiger partial charge < -0.3 is 14.2 Å². The van der Waals surface area contributed by atoms with Crippen LogP contribution < -0.4 is 4.90 Å². The van der Waals surface area contributed by atoms with E-state index in [4.69, 9.17) is 16.0 Å². The molecule has 1 aliphatic carbocycles. The van der Waals surface area contributed by atoms with E-state index in [0.29, 0.717) is 24.3 Å². The van der Waals surface area contributed by atoms with E-state index in [9.17, 15) is 4.79 Å². The normalized spacial score (nSPS) is 21.9. The van der Waals surface area contributed by atoms with Gasteiger partial charge in [-0.1, -0.05) is 18.5 Å². The first-order valence-electron chi connectivity index (χ1n) is 9.14. The van der Waals surface area contributed by atoms with Crippen LogP contribution >= 0.6 is 11.6 Å². The monoisotopic (exact) mass is 374 g/mol. The summed E-state index contributed by atoms with van der Waals surface area (Å²) in [4.78, 5) is 25.2. The molecule has 1 amide bonds. The average Bonchev–Trinajstić information content (AvgIpc) is 3.06. The number of carbonyl (C=O) groups excluding carboxylic acids is 1. The number of rotatable bonds is 5. The molecule has 2 fully saturated rings. The van der Waals surface area contributed by atoms with Gasteiger partial charge in [-0.2, -0.15) is 0 Å². The van der Waals surface area contributed by atoms with Gasteiger partial charge in [0.15, 0.2) is 5.69 Å². The third-order valence-electron chi connectivity index (χ3n) is 5.22. The van der Waals surface area contributed by atoms with Crippen LogP contribution in [0.1, 0.15) is 54.1 Å². The highest BCUT2D eigenvalue weighted by atomic mass is 35.5. The molecule has 0 aromatic carbocycles. The molecule has 4 rings (SSSR count). The van der Waals surface area contributed by atoms with Gasteiger partial charge in [-0.15, -0.1) is 0 Å². The summed E-state index contributed by atoms with van der Waals surface area (Å²) in [5, 5.41) is 0.275. The summed E-state index contributed by atoms with van der Waals surface area (Å²) in [6, 6.07) is 3.96. The van der Waals surface area contributed by atoms with E-state index in [0.717, 1.165) is 37.5 Å². The predicted octanol–water partition coefficient (Wildman–Crippen LogP) is 3.72. The van der Waals surface area contributed by atoms with Crippen molar-refractivity contribution in [1.29, 1.82) is 0 Å². The van der Waals surface area contributed by atoms with Crippen LogP contribution in [0.15, 0.2) is 22.7 Å². The molecule has 1 saturated carbocycles. The maximum atomic E-state index is 12.8. The lowest BCUT2D eigenvalue weighted by molar-refractivity contribution is 0.0769. The highest BCUT2D eigenvalue weighted by molar-refractivity contribution is 6.33. The molecule has 138 valence electrons. The minimum absolute atomic E-state index is 0.226. The SMILES string of the molecule is C[C@@H]1C[C@H]1c1ccc(CN(C)C(=O)c2nc(N3CCCC3)ncc2Cl)o1. The molecule has 2 aromatic heterocycles. The number of nitrogens with zero attached hydrogens (tertiary/aromatic N) is 4. The van der Waals surface area contributed by atoms with Gasteiger partial charge in [0, 0.05) is 26.1 Å². The Morgan fingerprint density at radius 3 is 2.81 bits per heavy atom. The molecule has 6 nitrogen and oxygen atoms in total. The fourth-order valence-corrected chi connectivity index (χ4v) is 3.63. The number of amides is 1. The Balaban J connectivity index is 1.47. The molecule has 2 atom stereocenters. The number of aromatic nitrogens is 2. The summed E-state index contributed by atoms with van der Waals surface area (Å²) in [5.41, 5.74) is 0.244. The van der Waals surface area contributed by atoms with Crippen LogP contribution in [-0.2, 0) is 6.54 Å². The van der Waals surface area contributed by atoms with E-state index in [1.54, 1.807) is 11.9 Å².